The van der Waals surface area contributed by atoms with Crippen LogP contribution in [0.2, 0.25) is 5.02 Å². The highest BCUT2D eigenvalue weighted by molar-refractivity contribution is 7.80. The van der Waals surface area contributed by atoms with Crippen LogP contribution in [0.5, 0.6) is 5.75 Å². The van der Waals surface area contributed by atoms with E-state index in [2.05, 4.69) is 15.3 Å². The maximum atomic E-state index is 10.4. The molecule has 7 heteroatoms. The van der Waals surface area contributed by atoms with Crippen molar-refractivity contribution < 1.29 is 5.11 Å². The van der Waals surface area contributed by atoms with Crippen LogP contribution in [0, 0.1) is 6.92 Å². The van der Waals surface area contributed by atoms with E-state index in [-0.39, 0.29) is 17.8 Å². The second-order valence-corrected chi connectivity index (χ2v) is 7.05. The van der Waals surface area contributed by atoms with Gasteiger partial charge in [-0.15, -0.1) is 0 Å². The molecular weight excluding hydrogens is 368 g/mol. The molecule has 3 N–H and O–H groups in total. The largest absolute Gasteiger partial charge is 0.506 e. The molecule has 3 aromatic rings. The van der Waals surface area contributed by atoms with Crippen LogP contribution in [0.1, 0.15) is 29.2 Å². The fourth-order valence-corrected chi connectivity index (χ4v) is 3.82. The Morgan fingerprint density at radius 1 is 1.19 bits per heavy atom. The molecule has 0 aliphatic carbocycles. The third-order valence-electron chi connectivity index (χ3n) is 4.47. The zero-order chi connectivity index (χ0) is 18.3. The lowest BCUT2D eigenvalue weighted by atomic mass is 10.0. The van der Waals surface area contributed by atoms with Crippen molar-refractivity contribution in [1.29, 1.82) is 0 Å². The molecule has 3 heterocycles. The van der Waals surface area contributed by atoms with Crippen molar-refractivity contribution in [3.8, 4) is 5.75 Å². The van der Waals surface area contributed by atoms with E-state index < -0.39 is 0 Å². The first kappa shape index (κ1) is 16.9. The second-order valence-electron chi connectivity index (χ2n) is 6.23. The summed E-state index contributed by atoms with van der Waals surface area (Å²) in [5.74, 6) is 0.119. The van der Waals surface area contributed by atoms with Gasteiger partial charge in [0.2, 0.25) is 0 Å². The number of aromatic hydroxyl groups is 1. The fourth-order valence-electron chi connectivity index (χ4n) is 3.32. The Labute approximate surface area is 161 Å². The number of thiocarbonyl (C=S) groups is 1. The topological polar surface area (TPSA) is 64.2 Å². The molecule has 1 aromatic carbocycles. The predicted molar refractivity (Wildman–Crippen MR) is 107 cm³/mol. The standard InChI is InChI=1S/C19H17ClN4OS/c1-11-5-7-14(22-11)18-17(13-4-2-3-9-21-13)23-19(26)24(18)15-10-12(20)6-8-16(15)25/h2-10,17-18,22,25H,1H3,(H,23,26)/t17-,18+/m0/s1. The molecule has 2 atom stereocenters. The number of aromatic nitrogens is 2. The molecule has 2 aromatic heterocycles. The lowest BCUT2D eigenvalue weighted by Gasteiger charge is -2.27. The van der Waals surface area contributed by atoms with E-state index >= 15 is 0 Å². The molecule has 26 heavy (non-hydrogen) atoms. The number of anilines is 1. The molecule has 1 fully saturated rings. The van der Waals surface area contributed by atoms with E-state index in [0.29, 0.717) is 15.8 Å². The van der Waals surface area contributed by atoms with Crippen LogP contribution >= 0.6 is 23.8 Å². The van der Waals surface area contributed by atoms with Gasteiger partial charge in [-0.3, -0.25) is 4.98 Å². The van der Waals surface area contributed by atoms with Gasteiger partial charge in [0.1, 0.15) is 11.8 Å². The number of rotatable bonds is 3. The van der Waals surface area contributed by atoms with Gasteiger partial charge in [-0.1, -0.05) is 17.7 Å². The van der Waals surface area contributed by atoms with Crippen LogP contribution in [0.25, 0.3) is 0 Å². The Morgan fingerprint density at radius 3 is 2.73 bits per heavy atom. The number of aryl methyl sites for hydroxylation is 1. The van der Waals surface area contributed by atoms with Gasteiger partial charge in [-0.25, -0.2) is 0 Å². The second kappa shape index (κ2) is 6.63. The summed E-state index contributed by atoms with van der Waals surface area (Å²) in [7, 11) is 0. The number of benzene rings is 1. The lowest BCUT2D eigenvalue weighted by molar-refractivity contribution is 0.472. The summed E-state index contributed by atoms with van der Waals surface area (Å²) >= 11 is 11.8. The summed E-state index contributed by atoms with van der Waals surface area (Å²) in [6.07, 6.45) is 1.76. The highest BCUT2D eigenvalue weighted by Crippen LogP contribution is 2.44. The molecule has 0 unspecified atom stereocenters. The number of halogens is 1. The van der Waals surface area contributed by atoms with Crippen molar-refractivity contribution in [2.24, 2.45) is 0 Å². The number of pyridine rings is 1. The zero-order valence-electron chi connectivity index (χ0n) is 14.0. The number of nitrogens with zero attached hydrogens (tertiary/aromatic N) is 2. The first-order chi connectivity index (χ1) is 12.5. The van der Waals surface area contributed by atoms with Crippen LogP contribution in [0.4, 0.5) is 5.69 Å². The minimum absolute atomic E-state index is 0.119. The van der Waals surface area contributed by atoms with E-state index in [0.717, 1.165) is 17.1 Å². The SMILES string of the molecule is Cc1ccc([C@@H]2[C@H](c3ccccn3)NC(=S)N2c2cc(Cl)ccc2O)[nH]1. The zero-order valence-corrected chi connectivity index (χ0v) is 15.6. The number of hydrogen-bond donors (Lipinski definition) is 3. The van der Waals surface area contributed by atoms with Gasteiger partial charge in [0.05, 0.1) is 17.4 Å². The Morgan fingerprint density at radius 2 is 2.04 bits per heavy atom. The summed E-state index contributed by atoms with van der Waals surface area (Å²) in [6.45, 7) is 2.00. The highest BCUT2D eigenvalue weighted by Gasteiger charge is 2.42. The molecule has 1 aliphatic heterocycles. The van der Waals surface area contributed by atoms with Crippen molar-refractivity contribution in [3.63, 3.8) is 0 Å². The molecule has 0 bridgehead atoms. The van der Waals surface area contributed by atoms with Gasteiger partial charge >= 0.3 is 0 Å². The molecule has 4 rings (SSSR count). The van der Waals surface area contributed by atoms with Gasteiger partial charge in [0.25, 0.3) is 0 Å². The van der Waals surface area contributed by atoms with Crippen LogP contribution in [0.15, 0.2) is 54.7 Å². The Balaban J connectivity index is 1.86. The van der Waals surface area contributed by atoms with Crippen LogP contribution < -0.4 is 10.2 Å². The molecular formula is C19H17ClN4OS. The maximum Gasteiger partial charge on any atom is 0.174 e. The average molecular weight is 385 g/mol. The molecule has 1 aliphatic rings. The first-order valence-corrected chi connectivity index (χ1v) is 8.98. The third kappa shape index (κ3) is 2.91. The number of hydrogen-bond acceptors (Lipinski definition) is 3. The first-order valence-electron chi connectivity index (χ1n) is 8.19. The van der Waals surface area contributed by atoms with E-state index in [1.165, 1.54) is 0 Å². The number of aromatic amines is 1. The van der Waals surface area contributed by atoms with Gasteiger partial charge in [0, 0.05) is 22.6 Å². The van der Waals surface area contributed by atoms with Crippen molar-refractivity contribution in [1.82, 2.24) is 15.3 Å². The lowest BCUT2D eigenvalue weighted by Crippen LogP contribution is -2.29. The van der Waals surface area contributed by atoms with Crippen molar-refractivity contribution >= 4 is 34.6 Å². The fraction of sp³-hybridized carbons (Fsp3) is 0.158. The summed E-state index contributed by atoms with van der Waals surface area (Å²) in [5, 5.41) is 14.8. The molecule has 5 nitrogen and oxygen atoms in total. The molecule has 0 saturated carbocycles. The normalized spacial score (nSPS) is 19.6. The summed E-state index contributed by atoms with van der Waals surface area (Å²) in [5.41, 5.74) is 3.46. The quantitative estimate of drug-likeness (QED) is 0.589. The Bertz CT molecular complexity index is 959. The molecule has 132 valence electrons. The van der Waals surface area contributed by atoms with Crippen LogP contribution in [-0.4, -0.2) is 20.2 Å². The van der Waals surface area contributed by atoms with E-state index in [1.54, 1.807) is 24.4 Å². The van der Waals surface area contributed by atoms with Gasteiger partial charge in [-0.2, -0.15) is 0 Å². The summed E-state index contributed by atoms with van der Waals surface area (Å²) in [6, 6.07) is 14.4. The van der Waals surface area contributed by atoms with E-state index in [1.807, 2.05) is 42.2 Å². The minimum Gasteiger partial charge on any atom is -0.506 e. The van der Waals surface area contributed by atoms with Crippen molar-refractivity contribution in [2.45, 2.75) is 19.0 Å². The third-order valence-corrected chi connectivity index (χ3v) is 5.02. The number of nitrogens with one attached hydrogen (secondary N) is 2. The smallest absolute Gasteiger partial charge is 0.174 e. The Hall–Kier alpha value is -2.57. The van der Waals surface area contributed by atoms with Gasteiger partial charge in [-0.05, 0) is 61.6 Å². The van der Waals surface area contributed by atoms with Crippen LogP contribution in [-0.2, 0) is 0 Å². The van der Waals surface area contributed by atoms with Gasteiger partial charge < -0.3 is 20.3 Å². The molecule has 0 spiro atoms. The summed E-state index contributed by atoms with van der Waals surface area (Å²) < 4.78 is 0. The molecule has 1 saturated heterocycles. The number of phenolic OH excluding ortho intramolecular Hbond substituents is 1. The number of H-pyrrole nitrogens is 1. The predicted octanol–water partition coefficient (Wildman–Crippen LogP) is 4.25. The molecule has 0 amide bonds. The Kier molecular flexibility index (Phi) is 4.30. The van der Waals surface area contributed by atoms with E-state index in [4.69, 9.17) is 23.8 Å². The van der Waals surface area contributed by atoms with Crippen molar-refractivity contribution in [3.05, 3.63) is 76.8 Å². The number of phenols is 1. The van der Waals surface area contributed by atoms with Gasteiger partial charge in [0.15, 0.2) is 5.11 Å². The summed E-state index contributed by atoms with van der Waals surface area (Å²) in [4.78, 5) is 9.77. The van der Waals surface area contributed by atoms with Crippen molar-refractivity contribution in [2.75, 3.05) is 4.90 Å². The average Bonchev–Trinajstić information content (AvgIpc) is 3.21. The molecule has 0 radical (unpaired) electrons. The maximum absolute atomic E-state index is 10.4. The van der Waals surface area contributed by atoms with E-state index in [9.17, 15) is 5.11 Å². The minimum atomic E-state index is -0.199. The monoisotopic (exact) mass is 384 g/mol. The highest BCUT2D eigenvalue weighted by atomic mass is 35.5. The van der Waals surface area contributed by atoms with Crippen LogP contribution in [0.3, 0.4) is 0 Å².